The van der Waals surface area contributed by atoms with Crippen LogP contribution in [0, 0.1) is 0 Å². The van der Waals surface area contributed by atoms with E-state index >= 15 is 0 Å². The van der Waals surface area contributed by atoms with Crippen LogP contribution >= 0.6 is 0 Å². The summed E-state index contributed by atoms with van der Waals surface area (Å²) in [4.78, 5) is 4.34. The summed E-state index contributed by atoms with van der Waals surface area (Å²) >= 11 is 0. The fourth-order valence-electron chi connectivity index (χ4n) is 1.94. The lowest BCUT2D eigenvalue weighted by atomic mass is 9.93. The van der Waals surface area contributed by atoms with Crippen LogP contribution < -0.4 is 5.32 Å². The molecule has 0 spiro atoms. The van der Waals surface area contributed by atoms with Gasteiger partial charge in [0.25, 0.3) is 0 Å². The maximum atomic E-state index is 5.38. The molecule has 0 atom stereocenters. The fraction of sp³-hybridized carbons (Fsp3) is 0.583. The molecule has 1 fully saturated rings. The average Bonchev–Trinajstić information content (AvgIpc) is 2.67. The Kier molecular flexibility index (Phi) is 3.29. The lowest BCUT2D eigenvalue weighted by Crippen LogP contribution is -2.41. The van der Waals surface area contributed by atoms with Gasteiger partial charge < -0.3 is 14.6 Å². The van der Waals surface area contributed by atoms with E-state index in [1.807, 2.05) is 18.5 Å². The Hall–Kier alpha value is -1.29. The largest absolute Gasteiger partial charge is 0.381 e. The monoisotopic (exact) mass is 221 g/mol. The van der Waals surface area contributed by atoms with Gasteiger partial charge in [0.05, 0.1) is 0 Å². The molecule has 0 aromatic carbocycles. The van der Waals surface area contributed by atoms with E-state index < -0.39 is 0 Å². The molecule has 0 aliphatic carbocycles. The summed E-state index contributed by atoms with van der Waals surface area (Å²) in [6, 6.07) is 0. The summed E-state index contributed by atoms with van der Waals surface area (Å²) in [6.07, 6.45) is 7.70. The minimum atomic E-state index is 0.0997. The van der Waals surface area contributed by atoms with Gasteiger partial charge >= 0.3 is 0 Å². The quantitative estimate of drug-likeness (QED) is 0.791. The van der Waals surface area contributed by atoms with E-state index in [0.29, 0.717) is 0 Å². The van der Waals surface area contributed by atoms with E-state index in [4.69, 9.17) is 4.74 Å². The molecule has 0 radical (unpaired) electrons. The number of rotatable bonds is 4. The third-order valence-electron chi connectivity index (χ3n) is 3.05. The van der Waals surface area contributed by atoms with Gasteiger partial charge in [0.2, 0.25) is 5.95 Å². The van der Waals surface area contributed by atoms with E-state index in [1.54, 1.807) is 0 Å². The Labute approximate surface area is 96.3 Å². The molecule has 1 N–H and O–H groups in total. The van der Waals surface area contributed by atoms with E-state index in [-0.39, 0.29) is 5.54 Å². The normalized spacial score (nSPS) is 19.3. The van der Waals surface area contributed by atoms with Gasteiger partial charge in [0.15, 0.2) is 0 Å². The van der Waals surface area contributed by atoms with Gasteiger partial charge in [0.1, 0.15) is 0 Å². The van der Waals surface area contributed by atoms with Crippen molar-refractivity contribution in [1.29, 1.82) is 0 Å². The first kappa shape index (κ1) is 11.2. The second kappa shape index (κ2) is 4.70. The molecule has 0 saturated carbocycles. The number of hydrogen-bond acceptors (Lipinski definition) is 3. The molecule has 88 valence electrons. The van der Waals surface area contributed by atoms with Crippen LogP contribution in [0.5, 0.6) is 0 Å². The molecule has 1 aromatic rings. The molecule has 2 heterocycles. The van der Waals surface area contributed by atoms with Gasteiger partial charge in [-0.2, -0.15) is 0 Å². The molecule has 1 saturated heterocycles. The second-order valence-corrected chi connectivity index (χ2v) is 4.49. The van der Waals surface area contributed by atoms with Crippen molar-refractivity contribution in [3.8, 4) is 0 Å². The number of anilines is 1. The van der Waals surface area contributed by atoms with Crippen molar-refractivity contribution in [2.75, 3.05) is 18.5 Å². The van der Waals surface area contributed by atoms with Crippen LogP contribution in [0.25, 0.3) is 0 Å². The highest BCUT2D eigenvalue weighted by Gasteiger charge is 2.28. The lowest BCUT2D eigenvalue weighted by molar-refractivity contribution is 0.0655. The Morgan fingerprint density at radius 2 is 2.38 bits per heavy atom. The third-order valence-corrected chi connectivity index (χ3v) is 3.05. The van der Waals surface area contributed by atoms with Gasteiger partial charge in [-0.1, -0.05) is 6.08 Å². The molecule has 2 rings (SSSR count). The first-order chi connectivity index (χ1) is 7.73. The zero-order chi connectivity index (χ0) is 11.4. The highest BCUT2D eigenvalue weighted by molar-refractivity contribution is 5.31. The number of ether oxygens (including phenoxy) is 1. The van der Waals surface area contributed by atoms with Gasteiger partial charge in [-0.25, -0.2) is 4.98 Å². The van der Waals surface area contributed by atoms with Crippen molar-refractivity contribution >= 4 is 5.95 Å². The first-order valence-electron chi connectivity index (χ1n) is 5.71. The third kappa shape index (κ3) is 2.44. The average molecular weight is 221 g/mol. The zero-order valence-electron chi connectivity index (χ0n) is 9.78. The summed E-state index contributed by atoms with van der Waals surface area (Å²) in [5.41, 5.74) is 0.0997. The van der Waals surface area contributed by atoms with E-state index in [9.17, 15) is 0 Å². The summed E-state index contributed by atoms with van der Waals surface area (Å²) in [6.45, 7) is 8.41. The molecule has 4 heteroatoms. The molecular weight excluding hydrogens is 202 g/mol. The molecule has 0 bridgehead atoms. The molecule has 0 amide bonds. The van der Waals surface area contributed by atoms with Crippen LogP contribution in [0.2, 0.25) is 0 Å². The molecule has 16 heavy (non-hydrogen) atoms. The maximum absolute atomic E-state index is 5.38. The van der Waals surface area contributed by atoms with E-state index in [0.717, 1.165) is 38.5 Å². The molecule has 1 aliphatic rings. The number of aromatic nitrogens is 2. The van der Waals surface area contributed by atoms with Gasteiger partial charge in [-0.15, -0.1) is 6.58 Å². The summed E-state index contributed by atoms with van der Waals surface area (Å²) < 4.78 is 7.44. The lowest BCUT2D eigenvalue weighted by Gasteiger charge is -2.34. The highest BCUT2D eigenvalue weighted by Crippen LogP contribution is 2.24. The fourth-order valence-corrected chi connectivity index (χ4v) is 1.94. The molecule has 1 aromatic heterocycles. The van der Waals surface area contributed by atoms with Gasteiger partial charge in [0, 0.05) is 37.7 Å². The van der Waals surface area contributed by atoms with Gasteiger partial charge in [-0.05, 0) is 19.8 Å². The van der Waals surface area contributed by atoms with Crippen LogP contribution in [0.4, 0.5) is 5.95 Å². The smallest absolute Gasteiger partial charge is 0.203 e. The van der Waals surface area contributed by atoms with Crippen molar-refractivity contribution in [2.45, 2.75) is 31.8 Å². The van der Waals surface area contributed by atoms with Crippen LogP contribution in [0.1, 0.15) is 19.8 Å². The number of nitrogens with zero attached hydrogens (tertiary/aromatic N) is 2. The molecule has 0 unspecified atom stereocenters. The molecular formula is C12H19N3O. The SMILES string of the molecule is C=CCn1ccnc1NC1(C)CCOCC1. The molecule has 1 aliphatic heterocycles. The van der Waals surface area contributed by atoms with Crippen molar-refractivity contribution in [1.82, 2.24) is 9.55 Å². The summed E-state index contributed by atoms with van der Waals surface area (Å²) in [5, 5.41) is 3.51. The van der Waals surface area contributed by atoms with Crippen LogP contribution in [-0.4, -0.2) is 28.3 Å². The Balaban J connectivity index is 2.06. The molecule has 4 nitrogen and oxygen atoms in total. The number of allylic oxidation sites excluding steroid dienone is 1. The topological polar surface area (TPSA) is 39.1 Å². The van der Waals surface area contributed by atoms with Crippen LogP contribution in [0.3, 0.4) is 0 Å². The zero-order valence-corrected chi connectivity index (χ0v) is 9.78. The first-order valence-corrected chi connectivity index (χ1v) is 5.71. The summed E-state index contributed by atoms with van der Waals surface area (Å²) in [7, 11) is 0. The van der Waals surface area contributed by atoms with Crippen LogP contribution in [-0.2, 0) is 11.3 Å². The van der Waals surface area contributed by atoms with Crippen molar-refractivity contribution in [3.05, 3.63) is 25.0 Å². The number of imidazole rings is 1. The Morgan fingerprint density at radius 1 is 1.62 bits per heavy atom. The minimum absolute atomic E-state index is 0.0997. The van der Waals surface area contributed by atoms with Crippen molar-refractivity contribution < 1.29 is 4.74 Å². The maximum Gasteiger partial charge on any atom is 0.203 e. The standard InChI is InChI=1S/C12H19N3O/c1-3-7-15-8-6-13-11(15)14-12(2)4-9-16-10-5-12/h3,6,8H,1,4-5,7,9-10H2,2H3,(H,13,14). The Bertz CT molecular complexity index is 353. The van der Waals surface area contributed by atoms with Crippen molar-refractivity contribution in [2.24, 2.45) is 0 Å². The highest BCUT2D eigenvalue weighted by atomic mass is 16.5. The van der Waals surface area contributed by atoms with Gasteiger partial charge in [-0.3, -0.25) is 0 Å². The van der Waals surface area contributed by atoms with E-state index in [1.165, 1.54) is 0 Å². The second-order valence-electron chi connectivity index (χ2n) is 4.49. The summed E-state index contributed by atoms with van der Waals surface area (Å²) in [5.74, 6) is 0.921. The Morgan fingerprint density at radius 3 is 3.06 bits per heavy atom. The van der Waals surface area contributed by atoms with Crippen molar-refractivity contribution in [3.63, 3.8) is 0 Å². The number of nitrogens with one attached hydrogen (secondary N) is 1. The van der Waals surface area contributed by atoms with Crippen LogP contribution in [0.15, 0.2) is 25.0 Å². The minimum Gasteiger partial charge on any atom is -0.381 e. The predicted molar refractivity (Wildman–Crippen MR) is 64.5 cm³/mol. The predicted octanol–water partition coefficient (Wildman–Crippen LogP) is 2.05. The number of hydrogen-bond donors (Lipinski definition) is 1. The van der Waals surface area contributed by atoms with E-state index in [2.05, 4.69) is 28.4 Å².